The van der Waals surface area contributed by atoms with Gasteiger partial charge in [-0.1, -0.05) is 0 Å². The lowest BCUT2D eigenvalue weighted by molar-refractivity contribution is 0.0120. The zero-order chi connectivity index (χ0) is 11.6. The van der Waals surface area contributed by atoms with Gasteiger partial charge in [0.15, 0.2) is 0 Å². The molecule has 0 aromatic carbocycles. The molecule has 0 atom stereocenters. The number of hydrogen-bond donors (Lipinski definition) is 0. The molecule has 0 saturated carbocycles. The van der Waals surface area contributed by atoms with Gasteiger partial charge in [0, 0.05) is 13.0 Å². The topological polar surface area (TPSA) is 27.1 Å². The highest BCUT2D eigenvalue weighted by atomic mass is 19.3. The van der Waals surface area contributed by atoms with E-state index in [9.17, 15) is 8.78 Å². The first-order valence-corrected chi connectivity index (χ1v) is 4.97. The maximum Gasteiger partial charge on any atom is 0.288 e. The van der Waals surface area contributed by atoms with Gasteiger partial charge in [-0.05, 0) is 20.8 Å². The molecule has 0 unspecified atom stereocenters. The summed E-state index contributed by atoms with van der Waals surface area (Å²) in [4.78, 5) is 0. The molecule has 0 saturated heterocycles. The minimum absolute atomic E-state index is 0.00245. The Morgan fingerprint density at radius 3 is 2.53 bits per heavy atom. The van der Waals surface area contributed by atoms with Gasteiger partial charge < -0.3 is 4.74 Å². The number of halogens is 2. The molecule has 1 aromatic rings. The van der Waals surface area contributed by atoms with Crippen molar-refractivity contribution in [2.45, 2.75) is 39.7 Å². The summed E-state index contributed by atoms with van der Waals surface area (Å²) in [5.74, 6) is -2.53. The Labute approximate surface area is 88.0 Å². The quantitative estimate of drug-likeness (QED) is 0.776. The van der Waals surface area contributed by atoms with Gasteiger partial charge in [-0.3, -0.25) is 0 Å². The Hall–Kier alpha value is -1.13. The molecule has 5 heteroatoms. The molecule has 15 heavy (non-hydrogen) atoms. The highest BCUT2D eigenvalue weighted by molar-refractivity contribution is 5.20. The molecule has 0 N–H and O–H groups in total. The second kappa shape index (κ2) is 4.16. The van der Waals surface area contributed by atoms with Crippen molar-refractivity contribution in [1.29, 1.82) is 0 Å². The Bertz CT molecular complexity index is 329. The first-order valence-electron chi connectivity index (χ1n) is 4.97. The molecule has 0 aliphatic rings. The molecular formula is C10H16F2N2O. The van der Waals surface area contributed by atoms with Crippen LogP contribution in [0, 0.1) is 0 Å². The number of aromatic nitrogens is 2. The summed E-state index contributed by atoms with van der Waals surface area (Å²) in [7, 11) is 0. The van der Waals surface area contributed by atoms with Crippen LogP contribution in [0.25, 0.3) is 0 Å². The molecule has 0 fully saturated rings. The fourth-order valence-corrected chi connectivity index (χ4v) is 1.22. The number of alkyl halides is 2. The lowest BCUT2D eigenvalue weighted by Crippen LogP contribution is -2.11. The average molecular weight is 218 g/mol. The fourth-order valence-electron chi connectivity index (χ4n) is 1.22. The van der Waals surface area contributed by atoms with Gasteiger partial charge in [-0.2, -0.15) is 13.9 Å². The van der Waals surface area contributed by atoms with Gasteiger partial charge in [-0.25, -0.2) is 4.68 Å². The molecule has 1 rings (SSSR count). The van der Waals surface area contributed by atoms with Crippen molar-refractivity contribution >= 4 is 0 Å². The van der Waals surface area contributed by atoms with Crippen LogP contribution < -0.4 is 4.74 Å². The van der Waals surface area contributed by atoms with Crippen molar-refractivity contribution in [3.63, 3.8) is 0 Å². The minimum atomic E-state index is -2.92. The van der Waals surface area contributed by atoms with Crippen molar-refractivity contribution in [2.24, 2.45) is 0 Å². The van der Waals surface area contributed by atoms with Gasteiger partial charge in [-0.15, -0.1) is 0 Å². The van der Waals surface area contributed by atoms with E-state index in [0.717, 1.165) is 6.92 Å². The smallest absolute Gasteiger partial charge is 0.288 e. The molecule has 1 aromatic heterocycles. The molecule has 3 nitrogen and oxygen atoms in total. The van der Waals surface area contributed by atoms with Crippen molar-refractivity contribution in [2.75, 3.05) is 6.61 Å². The number of rotatable bonds is 4. The largest absolute Gasteiger partial charge is 0.478 e. The summed E-state index contributed by atoms with van der Waals surface area (Å²) in [6.45, 7) is 6.81. The van der Waals surface area contributed by atoms with E-state index in [1.165, 1.54) is 10.7 Å². The van der Waals surface area contributed by atoms with E-state index in [1.807, 2.05) is 13.8 Å². The summed E-state index contributed by atoms with van der Waals surface area (Å²) in [5.41, 5.74) is -0.250. The number of ether oxygens (including phenoxy) is 1. The summed E-state index contributed by atoms with van der Waals surface area (Å²) in [5, 5.41) is 3.84. The van der Waals surface area contributed by atoms with Gasteiger partial charge in [0.1, 0.15) is 5.69 Å². The maximum atomic E-state index is 13.0. The lowest BCUT2D eigenvalue weighted by atomic mass is 10.3. The van der Waals surface area contributed by atoms with E-state index in [2.05, 4.69) is 5.10 Å². The zero-order valence-corrected chi connectivity index (χ0v) is 9.42. The van der Waals surface area contributed by atoms with Crippen molar-refractivity contribution < 1.29 is 13.5 Å². The Morgan fingerprint density at radius 2 is 2.13 bits per heavy atom. The SMILES string of the molecule is CCOc1cc(C(C)(F)F)nn1C(C)C. The number of hydrogen-bond acceptors (Lipinski definition) is 2. The third-order valence-corrected chi connectivity index (χ3v) is 1.93. The van der Waals surface area contributed by atoms with Gasteiger partial charge in [0.05, 0.1) is 12.6 Å². The molecule has 0 spiro atoms. The summed E-state index contributed by atoms with van der Waals surface area (Å²) in [6, 6.07) is 1.30. The monoisotopic (exact) mass is 218 g/mol. The van der Waals surface area contributed by atoms with Gasteiger partial charge >= 0.3 is 0 Å². The van der Waals surface area contributed by atoms with Gasteiger partial charge in [0.25, 0.3) is 5.92 Å². The summed E-state index contributed by atoms with van der Waals surface area (Å²) < 4.78 is 32.8. The normalized spacial score (nSPS) is 12.2. The molecule has 0 aliphatic carbocycles. The predicted octanol–water partition coefficient (Wildman–Crippen LogP) is 2.97. The van der Waals surface area contributed by atoms with E-state index < -0.39 is 5.92 Å². The Morgan fingerprint density at radius 1 is 1.53 bits per heavy atom. The van der Waals surface area contributed by atoms with Crippen LogP contribution in [0.1, 0.15) is 39.4 Å². The molecular weight excluding hydrogens is 202 g/mol. The van der Waals surface area contributed by atoms with Crippen molar-refractivity contribution in [3.8, 4) is 5.88 Å². The summed E-state index contributed by atoms with van der Waals surface area (Å²) in [6.07, 6.45) is 0. The van der Waals surface area contributed by atoms with Crippen LogP contribution in [0.2, 0.25) is 0 Å². The second-order valence-electron chi connectivity index (χ2n) is 3.73. The third kappa shape index (κ3) is 2.67. The van der Waals surface area contributed by atoms with Crippen molar-refractivity contribution in [1.82, 2.24) is 9.78 Å². The van der Waals surface area contributed by atoms with E-state index in [1.54, 1.807) is 6.92 Å². The van der Waals surface area contributed by atoms with Crippen molar-refractivity contribution in [3.05, 3.63) is 11.8 Å². The second-order valence-corrected chi connectivity index (χ2v) is 3.73. The van der Waals surface area contributed by atoms with Crippen LogP contribution in [-0.2, 0) is 5.92 Å². The summed E-state index contributed by atoms with van der Waals surface area (Å²) >= 11 is 0. The van der Waals surface area contributed by atoms with Crippen LogP contribution in [0.5, 0.6) is 5.88 Å². The van der Waals surface area contributed by atoms with Crippen LogP contribution in [0.15, 0.2) is 6.07 Å². The fraction of sp³-hybridized carbons (Fsp3) is 0.700. The third-order valence-electron chi connectivity index (χ3n) is 1.93. The van der Waals surface area contributed by atoms with Crippen LogP contribution in [0.3, 0.4) is 0 Å². The Kier molecular flexibility index (Phi) is 3.31. The van der Waals surface area contributed by atoms with Gasteiger partial charge in [0.2, 0.25) is 5.88 Å². The van der Waals surface area contributed by atoms with E-state index in [0.29, 0.717) is 12.5 Å². The van der Waals surface area contributed by atoms with Crippen LogP contribution in [0.4, 0.5) is 8.78 Å². The molecule has 86 valence electrons. The first-order chi connectivity index (χ1) is 6.86. The van der Waals surface area contributed by atoms with Crippen LogP contribution in [-0.4, -0.2) is 16.4 Å². The Balaban J connectivity index is 3.09. The molecule has 0 bridgehead atoms. The lowest BCUT2D eigenvalue weighted by Gasteiger charge is -2.10. The predicted molar refractivity (Wildman–Crippen MR) is 53.3 cm³/mol. The number of nitrogens with zero attached hydrogens (tertiary/aromatic N) is 2. The molecule has 0 aliphatic heterocycles. The molecule has 0 amide bonds. The van der Waals surface area contributed by atoms with E-state index >= 15 is 0 Å². The van der Waals surface area contributed by atoms with E-state index in [-0.39, 0.29) is 11.7 Å². The van der Waals surface area contributed by atoms with E-state index in [4.69, 9.17) is 4.74 Å². The molecule has 0 radical (unpaired) electrons. The minimum Gasteiger partial charge on any atom is -0.478 e. The molecule has 1 heterocycles. The zero-order valence-electron chi connectivity index (χ0n) is 9.42. The highest BCUT2D eigenvalue weighted by Crippen LogP contribution is 2.30. The standard InChI is InChI=1S/C10H16F2N2O/c1-5-15-9-6-8(10(4,11)12)13-14(9)7(2)3/h6-7H,5H2,1-4H3. The highest BCUT2D eigenvalue weighted by Gasteiger charge is 2.29. The van der Waals surface area contributed by atoms with Crippen LogP contribution >= 0.6 is 0 Å². The average Bonchev–Trinajstić information content (AvgIpc) is 2.48. The maximum absolute atomic E-state index is 13.0. The first kappa shape index (κ1) is 11.9.